The predicted molar refractivity (Wildman–Crippen MR) is 130 cm³/mol. The van der Waals surface area contributed by atoms with Crippen molar-refractivity contribution >= 4 is 22.8 Å². The molecule has 0 bridgehead atoms. The van der Waals surface area contributed by atoms with E-state index in [1.165, 1.54) is 5.56 Å². The van der Waals surface area contributed by atoms with Gasteiger partial charge in [0.2, 0.25) is 0 Å². The highest BCUT2D eigenvalue weighted by atomic mass is 16.5. The van der Waals surface area contributed by atoms with Crippen LogP contribution in [0.15, 0.2) is 42.5 Å². The van der Waals surface area contributed by atoms with E-state index in [-0.39, 0.29) is 18.4 Å². The van der Waals surface area contributed by atoms with Gasteiger partial charge < -0.3 is 19.3 Å². The number of H-pyrrole nitrogens is 1. The smallest absolute Gasteiger partial charge is 0.256 e. The van der Waals surface area contributed by atoms with Gasteiger partial charge in [0.25, 0.3) is 11.8 Å². The Balaban J connectivity index is 1.38. The standard InChI is InChI=1S/C26H31N5O4/c1-2-30-13-15-34-23-9-4-3-7-19(23)8-5-6-12-26(25(30)33)18-31(14-16-35-26)24(32)20-10-11-21-22(17-20)28-29-27-21/h3-4,7,9-11,17H,2,5-6,8,12-16,18H2,1H3,(H,27,28,29). The van der Waals surface area contributed by atoms with Gasteiger partial charge in [-0.25, -0.2) is 0 Å². The molecule has 1 unspecified atom stereocenters. The molecule has 2 aliphatic heterocycles. The lowest BCUT2D eigenvalue weighted by Gasteiger charge is -2.44. The van der Waals surface area contributed by atoms with Gasteiger partial charge >= 0.3 is 0 Å². The van der Waals surface area contributed by atoms with Crippen molar-refractivity contribution in [2.75, 3.05) is 39.4 Å². The number of nitrogens with one attached hydrogen (secondary N) is 1. The molecule has 5 rings (SSSR count). The molecule has 184 valence electrons. The summed E-state index contributed by atoms with van der Waals surface area (Å²) in [5.41, 5.74) is 2.00. The predicted octanol–water partition coefficient (Wildman–Crippen LogP) is 2.82. The van der Waals surface area contributed by atoms with Gasteiger partial charge in [-0.15, -0.1) is 0 Å². The Bertz CT molecular complexity index is 1210. The highest BCUT2D eigenvalue weighted by Crippen LogP contribution is 2.30. The first-order valence-electron chi connectivity index (χ1n) is 12.3. The molecule has 1 aromatic heterocycles. The molecule has 3 heterocycles. The highest BCUT2D eigenvalue weighted by molar-refractivity contribution is 5.98. The van der Waals surface area contributed by atoms with Gasteiger partial charge in [0.05, 0.1) is 19.7 Å². The number of nitrogens with zero attached hydrogens (tertiary/aromatic N) is 4. The zero-order valence-electron chi connectivity index (χ0n) is 20.0. The molecule has 0 aliphatic carbocycles. The van der Waals surface area contributed by atoms with Crippen LogP contribution in [0.25, 0.3) is 11.0 Å². The maximum absolute atomic E-state index is 13.8. The molecule has 3 aromatic rings. The zero-order chi connectivity index (χ0) is 24.3. The number of rotatable bonds is 2. The van der Waals surface area contributed by atoms with Crippen LogP contribution in [-0.4, -0.2) is 82.0 Å². The SMILES string of the molecule is CCN1CCOc2ccccc2CCCCC2(CN(C(=O)c3ccc4n[nH]nc4c3)CCO2)C1=O. The van der Waals surface area contributed by atoms with Crippen LogP contribution in [0.3, 0.4) is 0 Å². The number of likely N-dealkylation sites (N-methyl/N-ethyl adjacent to an activating group) is 1. The molecule has 1 N–H and O–H groups in total. The minimum Gasteiger partial charge on any atom is -0.491 e. The second-order valence-electron chi connectivity index (χ2n) is 9.14. The van der Waals surface area contributed by atoms with E-state index in [4.69, 9.17) is 9.47 Å². The van der Waals surface area contributed by atoms with Crippen molar-refractivity contribution in [1.29, 1.82) is 0 Å². The second-order valence-corrected chi connectivity index (χ2v) is 9.14. The maximum atomic E-state index is 13.8. The van der Waals surface area contributed by atoms with Gasteiger partial charge in [-0.05, 0) is 62.4 Å². The van der Waals surface area contributed by atoms with Crippen LogP contribution < -0.4 is 4.74 Å². The summed E-state index contributed by atoms with van der Waals surface area (Å²) < 4.78 is 12.3. The van der Waals surface area contributed by atoms with Crippen molar-refractivity contribution in [3.05, 3.63) is 53.6 Å². The lowest BCUT2D eigenvalue weighted by atomic mass is 9.90. The minimum absolute atomic E-state index is 0.0677. The fraction of sp³-hybridized carbons (Fsp3) is 0.462. The summed E-state index contributed by atoms with van der Waals surface area (Å²) >= 11 is 0. The third-order valence-corrected chi connectivity index (χ3v) is 6.96. The van der Waals surface area contributed by atoms with Crippen LogP contribution in [0.1, 0.15) is 42.1 Å². The van der Waals surface area contributed by atoms with Gasteiger partial charge in [0, 0.05) is 18.7 Å². The molecule has 1 atom stereocenters. The molecule has 35 heavy (non-hydrogen) atoms. The summed E-state index contributed by atoms with van der Waals surface area (Å²) in [4.78, 5) is 30.8. The van der Waals surface area contributed by atoms with E-state index in [1.807, 2.05) is 25.1 Å². The Labute approximate surface area is 204 Å². The largest absolute Gasteiger partial charge is 0.491 e. The molecule has 9 nitrogen and oxygen atoms in total. The summed E-state index contributed by atoms with van der Waals surface area (Å²) in [5, 5.41) is 10.7. The van der Waals surface area contributed by atoms with Crippen molar-refractivity contribution in [3.8, 4) is 5.75 Å². The van der Waals surface area contributed by atoms with Crippen molar-refractivity contribution in [1.82, 2.24) is 25.2 Å². The first-order chi connectivity index (χ1) is 17.1. The van der Waals surface area contributed by atoms with Crippen molar-refractivity contribution in [3.63, 3.8) is 0 Å². The first kappa shape index (κ1) is 23.3. The van der Waals surface area contributed by atoms with Gasteiger partial charge in [-0.1, -0.05) is 18.2 Å². The minimum atomic E-state index is -1.05. The second kappa shape index (κ2) is 10.0. The molecule has 9 heteroatoms. The number of aromatic nitrogens is 3. The van der Waals surface area contributed by atoms with E-state index < -0.39 is 5.60 Å². The summed E-state index contributed by atoms with van der Waals surface area (Å²) in [6, 6.07) is 13.4. The number of hydrogen-bond acceptors (Lipinski definition) is 6. The molecule has 1 spiro atoms. The summed E-state index contributed by atoms with van der Waals surface area (Å²) in [5.74, 6) is 0.694. The number of amides is 2. The van der Waals surface area contributed by atoms with E-state index in [2.05, 4.69) is 21.5 Å². The third-order valence-electron chi connectivity index (χ3n) is 6.96. The molecule has 2 aliphatic rings. The van der Waals surface area contributed by atoms with E-state index in [1.54, 1.807) is 28.0 Å². The lowest BCUT2D eigenvalue weighted by Crippen LogP contribution is -2.62. The zero-order valence-corrected chi connectivity index (χ0v) is 20.0. The number of aromatic amines is 1. The van der Waals surface area contributed by atoms with E-state index in [0.717, 1.165) is 25.0 Å². The summed E-state index contributed by atoms with van der Waals surface area (Å²) in [6.07, 6.45) is 3.15. The molecule has 0 saturated carbocycles. The monoisotopic (exact) mass is 477 g/mol. The van der Waals surface area contributed by atoms with Crippen molar-refractivity contribution in [2.24, 2.45) is 0 Å². The Morgan fingerprint density at radius 2 is 1.94 bits per heavy atom. The van der Waals surface area contributed by atoms with Crippen LogP contribution >= 0.6 is 0 Å². The number of carbonyl (C=O) groups is 2. The number of aryl methyl sites for hydroxylation is 1. The van der Waals surface area contributed by atoms with Gasteiger partial charge in [-0.3, -0.25) is 9.59 Å². The number of morpholine rings is 1. The molecule has 0 radical (unpaired) electrons. The molecular formula is C26H31N5O4. The van der Waals surface area contributed by atoms with Crippen LogP contribution in [-0.2, 0) is 16.0 Å². The molecule has 2 aromatic carbocycles. The number of ether oxygens (including phenoxy) is 2. The Morgan fingerprint density at radius 1 is 1.09 bits per heavy atom. The number of benzene rings is 2. The Kier molecular flexibility index (Phi) is 6.68. The van der Waals surface area contributed by atoms with E-state index in [0.29, 0.717) is 55.9 Å². The number of carbonyl (C=O) groups excluding carboxylic acids is 2. The van der Waals surface area contributed by atoms with Crippen LogP contribution in [0.5, 0.6) is 5.75 Å². The Morgan fingerprint density at radius 3 is 2.83 bits per heavy atom. The Hall–Kier alpha value is -3.46. The van der Waals surface area contributed by atoms with E-state index in [9.17, 15) is 9.59 Å². The molecule has 2 amide bonds. The molecule has 1 fully saturated rings. The lowest BCUT2D eigenvalue weighted by molar-refractivity contribution is -0.170. The highest BCUT2D eigenvalue weighted by Gasteiger charge is 2.46. The van der Waals surface area contributed by atoms with Crippen LogP contribution in [0.4, 0.5) is 0 Å². The van der Waals surface area contributed by atoms with Crippen LogP contribution in [0.2, 0.25) is 0 Å². The van der Waals surface area contributed by atoms with Crippen molar-refractivity contribution < 1.29 is 19.1 Å². The van der Waals surface area contributed by atoms with Gasteiger partial charge in [0.1, 0.15) is 23.4 Å². The van der Waals surface area contributed by atoms with E-state index >= 15 is 0 Å². The maximum Gasteiger partial charge on any atom is 0.256 e. The normalized spacial score (nSPS) is 21.8. The third kappa shape index (κ3) is 4.73. The number of hydrogen-bond donors (Lipinski definition) is 1. The topological polar surface area (TPSA) is 101 Å². The molecular weight excluding hydrogens is 446 g/mol. The van der Waals surface area contributed by atoms with Crippen molar-refractivity contribution in [2.45, 2.75) is 38.2 Å². The summed E-state index contributed by atoms with van der Waals surface area (Å²) in [7, 11) is 0. The average molecular weight is 478 g/mol. The van der Waals surface area contributed by atoms with Gasteiger partial charge in [0.15, 0.2) is 5.60 Å². The fourth-order valence-electron chi connectivity index (χ4n) is 5.04. The number of fused-ring (bicyclic) bond motifs is 2. The van der Waals surface area contributed by atoms with Gasteiger partial charge in [-0.2, -0.15) is 15.4 Å². The number of para-hydroxylation sites is 1. The molecule has 1 saturated heterocycles. The average Bonchev–Trinajstić information content (AvgIpc) is 3.37. The fourth-order valence-corrected chi connectivity index (χ4v) is 5.04. The quantitative estimate of drug-likeness (QED) is 0.609. The first-order valence-corrected chi connectivity index (χ1v) is 12.3. The van der Waals surface area contributed by atoms with Crippen LogP contribution in [0, 0.1) is 0 Å². The summed E-state index contributed by atoms with van der Waals surface area (Å²) in [6.45, 7) is 4.37.